The van der Waals surface area contributed by atoms with Crippen LogP contribution in [0.2, 0.25) is 0 Å². The molecule has 6 heteroatoms. The van der Waals surface area contributed by atoms with Gasteiger partial charge in [0, 0.05) is 0 Å². The lowest BCUT2D eigenvalue weighted by atomic mass is 10.0. The zero-order valence-electron chi connectivity index (χ0n) is 11.0. The van der Waals surface area contributed by atoms with E-state index in [1.165, 1.54) is 11.0 Å². The van der Waals surface area contributed by atoms with E-state index in [1.807, 2.05) is 6.92 Å². The average molecular weight is 273 g/mol. The molecule has 1 aromatic carbocycles. The van der Waals surface area contributed by atoms with Gasteiger partial charge in [0.25, 0.3) is 0 Å². The summed E-state index contributed by atoms with van der Waals surface area (Å²) in [5.74, 6) is 2.94. The maximum Gasteiger partial charge on any atom is 0.346 e. The molecule has 1 atom stereocenters. The van der Waals surface area contributed by atoms with Crippen LogP contribution in [-0.2, 0) is 0 Å². The van der Waals surface area contributed by atoms with E-state index in [0.717, 1.165) is 0 Å². The summed E-state index contributed by atoms with van der Waals surface area (Å²) in [5.41, 5.74) is 6.49. The molecule has 2 amide bonds. The first-order valence-corrected chi connectivity index (χ1v) is 6.12. The number of amidine groups is 1. The first-order chi connectivity index (χ1) is 9.58. The number of aromatic hydroxyl groups is 1. The number of phenols is 1. The maximum absolute atomic E-state index is 11.7. The van der Waals surface area contributed by atoms with E-state index >= 15 is 0 Å². The van der Waals surface area contributed by atoms with Crippen molar-refractivity contribution in [2.75, 3.05) is 13.2 Å². The number of ether oxygens (including phenoxy) is 1. The summed E-state index contributed by atoms with van der Waals surface area (Å²) < 4.78 is 5.32. The lowest BCUT2D eigenvalue weighted by Crippen LogP contribution is -2.33. The van der Waals surface area contributed by atoms with Gasteiger partial charge in [-0.25, -0.2) is 4.79 Å². The van der Waals surface area contributed by atoms with Gasteiger partial charge in [-0.15, -0.1) is 6.42 Å². The van der Waals surface area contributed by atoms with Crippen LogP contribution in [0.25, 0.3) is 0 Å². The van der Waals surface area contributed by atoms with Crippen LogP contribution in [0.5, 0.6) is 11.5 Å². The Bertz CT molecular complexity index is 604. The van der Waals surface area contributed by atoms with E-state index in [0.29, 0.717) is 17.9 Å². The van der Waals surface area contributed by atoms with Crippen molar-refractivity contribution in [1.29, 1.82) is 0 Å². The molecule has 1 aromatic rings. The lowest BCUT2D eigenvalue weighted by Gasteiger charge is -2.23. The molecule has 0 saturated carbocycles. The standard InChI is InChI=1S/C14H15N3O3/c1-3-7-17-12(13(15)16-14(17)19)9-5-6-10(18)11(8-9)20-4-2/h1,5-6,8,12,18H,4,7H2,2H3,(H2,15,16,19). The molecule has 1 aliphatic heterocycles. The molecule has 104 valence electrons. The predicted molar refractivity (Wildman–Crippen MR) is 74.6 cm³/mol. The van der Waals surface area contributed by atoms with E-state index in [9.17, 15) is 9.90 Å². The van der Waals surface area contributed by atoms with E-state index in [4.69, 9.17) is 16.9 Å². The van der Waals surface area contributed by atoms with Crippen LogP contribution in [0.4, 0.5) is 4.79 Å². The van der Waals surface area contributed by atoms with Gasteiger partial charge in [-0.05, 0) is 24.6 Å². The minimum Gasteiger partial charge on any atom is -0.504 e. The Morgan fingerprint density at radius 3 is 3.00 bits per heavy atom. The van der Waals surface area contributed by atoms with Crippen molar-refractivity contribution in [2.45, 2.75) is 13.0 Å². The molecule has 0 radical (unpaired) electrons. The number of benzene rings is 1. The first kappa shape index (κ1) is 13.7. The SMILES string of the molecule is C#CCN1C(=O)N=C(N)C1c1ccc(O)c(OCC)c1. The molecule has 0 saturated heterocycles. The number of hydrogen-bond acceptors (Lipinski definition) is 4. The van der Waals surface area contributed by atoms with Gasteiger partial charge >= 0.3 is 6.03 Å². The second kappa shape index (κ2) is 5.53. The number of terminal acetylenes is 1. The van der Waals surface area contributed by atoms with Crippen molar-refractivity contribution >= 4 is 11.9 Å². The third kappa shape index (κ3) is 2.38. The third-order valence-electron chi connectivity index (χ3n) is 2.92. The molecule has 0 spiro atoms. The highest BCUT2D eigenvalue weighted by molar-refractivity contribution is 6.03. The molecular weight excluding hydrogens is 258 g/mol. The van der Waals surface area contributed by atoms with Gasteiger partial charge in [0.1, 0.15) is 11.9 Å². The number of urea groups is 1. The Balaban J connectivity index is 2.39. The van der Waals surface area contributed by atoms with E-state index in [-0.39, 0.29) is 18.1 Å². The first-order valence-electron chi connectivity index (χ1n) is 6.12. The Kier molecular flexibility index (Phi) is 3.80. The zero-order valence-corrected chi connectivity index (χ0v) is 11.0. The van der Waals surface area contributed by atoms with Gasteiger partial charge in [-0.3, -0.25) is 4.90 Å². The molecule has 0 fully saturated rings. The number of amides is 2. The fraction of sp³-hybridized carbons (Fsp3) is 0.286. The number of rotatable bonds is 4. The fourth-order valence-corrected chi connectivity index (χ4v) is 2.09. The minimum atomic E-state index is -0.529. The summed E-state index contributed by atoms with van der Waals surface area (Å²) in [5, 5.41) is 9.70. The van der Waals surface area contributed by atoms with E-state index in [2.05, 4.69) is 10.9 Å². The van der Waals surface area contributed by atoms with Gasteiger partial charge in [-0.2, -0.15) is 4.99 Å². The highest BCUT2D eigenvalue weighted by Crippen LogP contribution is 2.33. The number of phenolic OH excluding ortho intramolecular Hbond substituents is 1. The van der Waals surface area contributed by atoms with Crippen molar-refractivity contribution in [1.82, 2.24) is 4.90 Å². The van der Waals surface area contributed by atoms with Gasteiger partial charge in [-0.1, -0.05) is 12.0 Å². The Hall–Kier alpha value is -2.68. The Morgan fingerprint density at radius 1 is 1.60 bits per heavy atom. The largest absolute Gasteiger partial charge is 0.504 e. The number of aliphatic imine (C=N–C) groups is 1. The molecule has 0 aliphatic carbocycles. The van der Waals surface area contributed by atoms with Crippen molar-refractivity contribution in [3.63, 3.8) is 0 Å². The van der Waals surface area contributed by atoms with Crippen molar-refractivity contribution < 1.29 is 14.6 Å². The van der Waals surface area contributed by atoms with Gasteiger partial charge in [0.05, 0.1) is 13.2 Å². The van der Waals surface area contributed by atoms with Crippen LogP contribution >= 0.6 is 0 Å². The average Bonchev–Trinajstić information content (AvgIpc) is 2.68. The maximum atomic E-state index is 11.7. The van der Waals surface area contributed by atoms with Gasteiger partial charge < -0.3 is 15.6 Å². The predicted octanol–water partition coefficient (Wildman–Crippen LogP) is 1.26. The molecule has 0 bridgehead atoms. The monoisotopic (exact) mass is 273 g/mol. The smallest absolute Gasteiger partial charge is 0.346 e. The number of carbonyl (C=O) groups is 1. The summed E-state index contributed by atoms with van der Waals surface area (Å²) in [6.45, 7) is 2.34. The summed E-state index contributed by atoms with van der Waals surface area (Å²) >= 11 is 0. The normalized spacial score (nSPS) is 17.8. The van der Waals surface area contributed by atoms with Crippen LogP contribution in [0.1, 0.15) is 18.5 Å². The molecule has 1 unspecified atom stereocenters. The highest BCUT2D eigenvalue weighted by atomic mass is 16.5. The number of hydrogen-bond donors (Lipinski definition) is 2. The second-order valence-corrected chi connectivity index (χ2v) is 4.21. The number of nitrogens with zero attached hydrogens (tertiary/aromatic N) is 2. The third-order valence-corrected chi connectivity index (χ3v) is 2.92. The Labute approximate surface area is 116 Å². The highest BCUT2D eigenvalue weighted by Gasteiger charge is 2.34. The molecular formula is C14H15N3O3. The molecule has 20 heavy (non-hydrogen) atoms. The number of nitrogens with two attached hydrogens (primary N) is 1. The molecule has 1 heterocycles. The molecule has 0 aromatic heterocycles. The van der Waals surface area contributed by atoms with Gasteiger partial charge in [0.15, 0.2) is 11.5 Å². The van der Waals surface area contributed by atoms with Crippen molar-refractivity contribution in [3.8, 4) is 23.8 Å². The van der Waals surface area contributed by atoms with E-state index < -0.39 is 12.1 Å². The molecule has 2 rings (SSSR count). The lowest BCUT2D eigenvalue weighted by molar-refractivity contribution is 0.213. The van der Waals surface area contributed by atoms with E-state index in [1.54, 1.807) is 12.1 Å². The summed E-state index contributed by atoms with van der Waals surface area (Å²) in [4.78, 5) is 16.8. The summed E-state index contributed by atoms with van der Waals surface area (Å²) in [7, 11) is 0. The molecule has 1 aliphatic rings. The van der Waals surface area contributed by atoms with Crippen LogP contribution in [0.15, 0.2) is 23.2 Å². The van der Waals surface area contributed by atoms with Crippen LogP contribution in [-0.4, -0.2) is 35.0 Å². The quantitative estimate of drug-likeness (QED) is 0.808. The van der Waals surface area contributed by atoms with Gasteiger partial charge in [0.2, 0.25) is 0 Å². The van der Waals surface area contributed by atoms with Crippen LogP contribution in [0.3, 0.4) is 0 Å². The summed E-state index contributed by atoms with van der Waals surface area (Å²) in [6.07, 6.45) is 5.26. The molecule has 3 N–H and O–H groups in total. The second-order valence-electron chi connectivity index (χ2n) is 4.21. The molecule has 6 nitrogen and oxygen atoms in total. The van der Waals surface area contributed by atoms with Crippen LogP contribution in [0, 0.1) is 12.3 Å². The fourth-order valence-electron chi connectivity index (χ4n) is 2.09. The zero-order chi connectivity index (χ0) is 14.7. The topological polar surface area (TPSA) is 88.2 Å². The van der Waals surface area contributed by atoms with Crippen LogP contribution < -0.4 is 10.5 Å². The number of carbonyl (C=O) groups excluding carboxylic acids is 1. The Morgan fingerprint density at radius 2 is 2.35 bits per heavy atom. The minimum absolute atomic E-state index is 0.0268. The summed E-state index contributed by atoms with van der Waals surface area (Å²) in [6, 6.07) is 3.79. The van der Waals surface area contributed by atoms with Crippen molar-refractivity contribution in [2.24, 2.45) is 10.7 Å². The van der Waals surface area contributed by atoms with Crippen molar-refractivity contribution in [3.05, 3.63) is 23.8 Å².